The third-order valence-electron chi connectivity index (χ3n) is 3.57. The molecule has 0 spiro atoms. The largest absolute Gasteiger partial charge is 0.391 e. The van der Waals surface area contributed by atoms with Crippen molar-refractivity contribution in [3.8, 4) is 0 Å². The van der Waals surface area contributed by atoms with Gasteiger partial charge in [0.1, 0.15) is 5.82 Å². The fourth-order valence-corrected chi connectivity index (χ4v) is 2.94. The minimum absolute atomic E-state index is 0.0828. The van der Waals surface area contributed by atoms with Crippen LogP contribution in [0.15, 0.2) is 42.7 Å². The number of aliphatic hydroxyl groups is 1. The molecule has 0 saturated carbocycles. The standard InChI is InChI=1S/C15H14ClFN2O/c16-13-8-18-5-4-14(13)19-9-12(20)7-15(19)10-2-1-3-11(17)6-10/h1-6,8,12,15,20H,7,9H2/t12-,15+/m1/s1. The fourth-order valence-electron chi connectivity index (χ4n) is 2.71. The summed E-state index contributed by atoms with van der Waals surface area (Å²) in [6, 6.07) is 8.20. The molecule has 1 aromatic heterocycles. The number of aromatic nitrogens is 1. The van der Waals surface area contributed by atoms with E-state index in [0.29, 0.717) is 18.0 Å². The Hall–Kier alpha value is -1.65. The van der Waals surface area contributed by atoms with Crippen molar-refractivity contribution >= 4 is 17.3 Å². The van der Waals surface area contributed by atoms with Crippen LogP contribution in [0.4, 0.5) is 10.1 Å². The lowest BCUT2D eigenvalue weighted by Gasteiger charge is -2.27. The topological polar surface area (TPSA) is 36.4 Å². The minimum Gasteiger partial charge on any atom is -0.391 e. The molecule has 2 atom stereocenters. The van der Waals surface area contributed by atoms with Gasteiger partial charge in [-0.3, -0.25) is 4.98 Å². The third kappa shape index (κ3) is 2.49. The van der Waals surface area contributed by atoms with Gasteiger partial charge in [-0.2, -0.15) is 0 Å². The Morgan fingerprint density at radius 2 is 2.20 bits per heavy atom. The van der Waals surface area contributed by atoms with Gasteiger partial charge in [0.25, 0.3) is 0 Å². The molecule has 3 rings (SSSR count). The lowest BCUT2D eigenvalue weighted by atomic mass is 10.0. The van der Waals surface area contributed by atoms with Gasteiger partial charge in [0.2, 0.25) is 0 Å². The van der Waals surface area contributed by atoms with E-state index in [1.807, 2.05) is 17.0 Å². The predicted octanol–water partition coefficient (Wildman–Crippen LogP) is 3.19. The predicted molar refractivity (Wildman–Crippen MR) is 76.4 cm³/mol. The van der Waals surface area contributed by atoms with Gasteiger partial charge in [0.05, 0.1) is 22.9 Å². The molecular formula is C15H14ClFN2O. The molecule has 0 amide bonds. The average Bonchev–Trinajstić information content (AvgIpc) is 2.81. The molecule has 2 heterocycles. The van der Waals surface area contributed by atoms with Gasteiger partial charge in [-0.15, -0.1) is 0 Å². The summed E-state index contributed by atoms with van der Waals surface area (Å²) in [7, 11) is 0. The first-order chi connectivity index (χ1) is 9.65. The van der Waals surface area contributed by atoms with Gasteiger partial charge in [-0.1, -0.05) is 23.7 Å². The Morgan fingerprint density at radius 1 is 1.35 bits per heavy atom. The Kier molecular flexibility index (Phi) is 3.59. The molecule has 2 aromatic rings. The SMILES string of the molecule is O[C@@H]1C[C@@H](c2cccc(F)c2)N(c2ccncc2Cl)C1. The number of aliphatic hydroxyl groups excluding tert-OH is 1. The van der Waals surface area contributed by atoms with E-state index in [2.05, 4.69) is 4.98 Å². The van der Waals surface area contributed by atoms with Crippen LogP contribution >= 0.6 is 11.6 Å². The van der Waals surface area contributed by atoms with E-state index >= 15 is 0 Å². The lowest BCUT2D eigenvalue weighted by molar-refractivity contribution is 0.194. The molecule has 0 unspecified atom stereocenters. The molecule has 1 aromatic carbocycles. The first-order valence-electron chi connectivity index (χ1n) is 6.45. The number of hydrogen-bond donors (Lipinski definition) is 1. The molecule has 20 heavy (non-hydrogen) atoms. The van der Waals surface area contributed by atoms with Crippen molar-refractivity contribution in [1.29, 1.82) is 0 Å². The van der Waals surface area contributed by atoms with Gasteiger partial charge >= 0.3 is 0 Å². The molecule has 0 bridgehead atoms. The maximum atomic E-state index is 13.4. The number of halogens is 2. The number of nitrogens with zero attached hydrogens (tertiary/aromatic N) is 2. The van der Waals surface area contributed by atoms with Crippen molar-refractivity contribution in [3.63, 3.8) is 0 Å². The highest BCUT2D eigenvalue weighted by molar-refractivity contribution is 6.33. The molecule has 1 aliphatic heterocycles. The third-order valence-corrected chi connectivity index (χ3v) is 3.86. The van der Waals surface area contributed by atoms with Crippen LogP contribution in [0.25, 0.3) is 0 Å². The molecule has 1 aliphatic rings. The van der Waals surface area contributed by atoms with E-state index in [4.69, 9.17) is 11.6 Å². The van der Waals surface area contributed by atoms with Crippen molar-refractivity contribution < 1.29 is 9.50 Å². The van der Waals surface area contributed by atoms with Crippen molar-refractivity contribution in [2.24, 2.45) is 0 Å². The van der Waals surface area contributed by atoms with Gasteiger partial charge < -0.3 is 10.0 Å². The van der Waals surface area contributed by atoms with Crippen LogP contribution in [0.5, 0.6) is 0 Å². The average molecular weight is 293 g/mol. The smallest absolute Gasteiger partial charge is 0.123 e. The summed E-state index contributed by atoms with van der Waals surface area (Å²) in [5.41, 5.74) is 1.65. The first kappa shape index (κ1) is 13.3. The number of benzene rings is 1. The van der Waals surface area contributed by atoms with Crippen LogP contribution in [0.1, 0.15) is 18.0 Å². The normalized spacial score (nSPS) is 22.2. The summed E-state index contributed by atoms with van der Waals surface area (Å²) in [4.78, 5) is 5.97. The van der Waals surface area contributed by atoms with Crippen molar-refractivity contribution in [1.82, 2.24) is 4.98 Å². The maximum Gasteiger partial charge on any atom is 0.123 e. The molecule has 0 aliphatic carbocycles. The van der Waals surface area contributed by atoms with Crippen LogP contribution in [0.2, 0.25) is 5.02 Å². The molecule has 1 fully saturated rings. The van der Waals surface area contributed by atoms with Crippen LogP contribution in [-0.4, -0.2) is 22.7 Å². The summed E-state index contributed by atoms with van der Waals surface area (Å²) in [5, 5.41) is 10.5. The van der Waals surface area contributed by atoms with E-state index in [1.54, 1.807) is 18.5 Å². The monoisotopic (exact) mass is 292 g/mol. The zero-order valence-electron chi connectivity index (χ0n) is 10.7. The molecule has 0 radical (unpaired) electrons. The second-order valence-corrected chi connectivity index (χ2v) is 5.35. The molecule has 5 heteroatoms. The van der Waals surface area contributed by atoms with E-state index in [1.165, 1.54) is 12.1 Å². The van der Waals surface area contributed by atoms with E-state index in [-0.39, 0.29) is 11.9 Å². The first-order valence-corrected chi connectivity index (χ1v) is 6.82. The summed E-state index contributed by atoms with van der Waals surface area (Å²) in [5.74, 6) is -0.273. The zero-order chi connectivity index (χ0) is 14.1. The second-order valence-electron chi connectivity index (χ2n) is 4.94. The molecule has 1 N–H and O–H groups in total. The summed E-state index contributed by atoms with van der Waals surface area (Å²) >= 11 is 6.18. The Bertz CT molecular complexity index is 622. The Balaban J connectivity index is 1.99. The summed E-state index contributed by atoms with van der Waals surface area (Å²) in [6.07, 6.45) is 3.34. The quantitative estimate of drug-likeness (QED) is 0.923. The number of β-amino-alcohol motifs (C(OH)–C–C–N with tert-alkyl or cyclic N) is 1. The number of hydrogen-bond acceptors (Lipinski definition) is 3. The van der Waals surface area contributed by atoms with Crippen LogP contribution in [0, 0.1) is 5.82 Å². The van der Waals surface area contributed by atoms with Crippen molar-refractivity contribution in [2.45, 2.75) is 18.6 Å². The van der Waals surface area contributed by atoms with E-state index < -0.39 is 6.10 Å². The number of pyridine rings is 1. The number of rotatable bonds is 2. The van der Waals surface area contributed by atoms with Crippen molar-refractivity contribution in [3.05, 3.63) is 59.1 Å². The highest BCUT2D eigenvalue weighted by Crippen LogP contribution is 2.39. The van der Waals surface area contributed by atoms with Gasteiger partial charge in [-0.25, -0.2) is 4.39 Å². The fraction of sp³-hybridized carbons (Fsp3) is 0.267. The lowest BCUT2D eigenvalue weighted by Crippen LogP contribution is -2.24. The van der Waals surface area contributed by atoms with Gasteiger partial charge in [-0.05, 0) is 30.2 Å². The second kappa shape index (κ2) is 5.38. The van der Waals surface area contributed by atoms with E-state index in [0.717, 1.165) is 11.3 Å². The molecule has 1 saturated heterocycles. The summed E-state index contributed by atoms with van der Waals surface area (Å²) < 4.78 is 13.4. The van der Waals surface area contributed by atoms with E-state index in [9.17, 15) is 9.50 Å². The minimum atomic E-state index is -0.451. The molecule has 104 valence electrons. The molecular weight excluding hydrogens is 279 g/mol. The number of anilines is 1. The van der Waals surface area contributed by atoms with Crippen LogP contribution < -0.4 is 4.90 Å². The highest BCUT2D eigenvalue weighted by Gasteiger charge is 2.33. The van der Waals surface area contributed by atoms with Crippen molar-refractivity contribution in [2.75, 3.05) is 11.4 Å². The maximum absolute atomic E-state index is 13.4. The zero-order valence-corrected chi connectivity index (χ0v) is 11.5. The van der Waals surface area contributed by atoms with Crippen LogP contribution in [-0.2, 0) is 0 Å². The van der Waals surface area contributed by atoms with Gasteiger partial charge in [0, 0.05) is 18.9 Å². The van der Waals surface area contributed by atoms with Gasteiger partial charge in [0.15, 0.2) is 0 Å². The Labute approximate surface area is 121 Å². The summed E-state index contributed by atoms with van der Waals surface area (Å²) in [6.45, 7) is 0.477. The highest BCUT2D eigenvalue weighted by atomic mass is 35.5. The van der Waals surface area contributed by atoms with Crippen LogP contribution in [0.3, 0.4) is 0 Å². The Morgan fingerprint density at radius 3 is 2.95 bits per heavy atom. The molecule has 3 nitrogen and oxygen atoms in total.